The van der Waals surface area contributed by atoms with Crippen molar-refractivity contribution in [3.63, 3.8) is 0 Å². The first-order valence-electron chi connectivity index (χ1n) is 9.42. The van der Waals surface area contributed by atoms with Crippen LogP contribution in [0.4, 0.5) is 5.82 Å². The smallest absolute Gasteiger partial charge is 0.257 e. The van der Waals surface area contributed by atoms with Crippen molar-refractivity contribution >= 4 is 28.4 Å². The second kappa shape index (κ2) is 8.32. The van der Waals surface area contributed by atoms with Gasteiger partial charge in [-0.2, -0.15) is 5.10 Å². The molecule has 150 valence electrons. The average molecular weight is 394 g/mol. The Kier molecular flexibility index (Phi) is 5.44. The minimum Gasteiger partial charge on any atom is -0.496 e. The number of benzene rings is 2. The molecule has 2 amide bonds. The molecular formula is C21H22N4O4. The van der Waals surface area contributed by atoms with Gasteiger partial charge in [0.05, 0.1) is 25.9 Å². The maximum atomic E-state index is 12.9. The summed E-state index contributed by atoms with van der Waals surface area (Å²) in [6.07, 6.45) is 1.68. The fourth-order valence-electron chi connectivity index (χ4n) is 3.42. The quantitative estimate of drug-likeness (QED) is 0.717. The number of aromatic nitrogens is 2. The Morgan fingerprint density at radius 2 is 1.90 bits per heavy atom. The molecule has 8 nitrogen and oxygen atoms in total. The lowest BCUT2D eigenvalue weighted by atomic mass is 10.0. The Hall–Kier alpha value is -3.39. The first kappa shape index (κ1) is 18.9. The van der Waals surface area contributed by atoms with E-state index in [0.29, 0.717) is 43.4 Å². The average Bonchev–Trinajstić information content (AvgIpc) is 3.19. The van der Waals surface area contributed by atoms with Crippen LogP contribution in [0, 0.1) is 0 Å². The number of anilines is 1. The highest BCUT2D eigenvalue weighted by Crippen LogP contribution is 2.29. The van der Waals surface area contributed by atoms with E-state index in [-0.39, 0.29) is 18.4 Å². The van der Waals surface area contributed by atoms with Gasteiger partial charge in [0.2, 0.25) is 5.91 Å². The maximum absolute atomic E-state index is 12.9. The van der Waals surface area contributed by atoms with Crippen LogP contribution in [0.2, 0.25) is 0 Å². The summed E-state index contributed by atoms with van der Waals surface area (Å²) in [5.74, 6) is 0.712. The third kappa shape index (κ3) is 4.07. The van der Waals surface area contributed by atoms with E-state index in [9.17, 15) is 9.59 Å². The molecule has 1 aromatic heterocycles. The van der Waals surface area contributed by atoms with E-state index >= 15 is 0 Å². The second-order valence-corrected chi connectivity index (χ2v) is 6.71. The number of hydrogen-bond donors (Lipinski definition) is 1. The van der Waals surface area contributed by atoms with Gasteiger partial charge in [-0.1, -0.05) is 24.3 Å². The molecule has 1 N–H and O–H groups in total. The van der Waals surface area contributed by atoms with Gasteiger partial charge in [-0.25, -0.2) is 0 Å². The van der Waals surface area contributed by atoms with Gasteiger partial charge >= 0.3 is 0 Å². The molecule has 0 bridgehead atoms. The minimum absolute atomic E-state index is 0.0203. The SMILES string of the molecule is COc1cccc2cccc(C(=O)Nc3ccn(CC(=O)N4CCOCC4)n3)c12. The highest BCUT2D eigenvalue weighted by atomic mass is 16.5. The van der Waals surface area contributed by atoms with E-state index in [0.717, 1.165) is 10.8 Å². The molecule has 1 aliphatic rings. The van der Waals surface area contributed by atoms with E-state index < -0.39 is 0 Å². The van der Waals surface area contributed by atoms with Crippen LogP contribution in [-0.4, -0.2) is 59.9 Å². The van der Waals surface area contributed by atoms with Crippen molar-refractivity contribution in [1.82, 2.24) is 14.7 Å². The van der Waals surface area contributed by atoms with Crippen molar-refractivity contribution in [3.8, 4) is 5.75 Å². The number of nitrogens with zero attached hydrogens (tertiary/aromatic N) is 3. The van der Waals surface area contributed by atoms with Crippen molar-refractivity contribution in [2.45, 2.75) is 6.54 Å². The van der Waals surface area contributed by atoms with Crippen molar-refractivity contribution in [2.24, 2.45) is 0 Å². The minimum atomic E-state index is -0.287. The van der Waals surface area contributed by atoms with Crippen LogP contribution in [-0.2, 0) is 16.1 Å². The molecule has 29 heavy (non-hydrogen) atoms. The molecule has 3 aromatic rings. The first-order chi connectivity index (χ1) is 14.2. The number of methoxy groups -OCH3 is 1. The molecule has 0 saturated carbocycles. The number of carbonyl (C=O) groups excluding carboxylic acids is 2. The zero-order valence-electron chi connectivity index (χ0n) is 16.1. The van der Waals surface area contributed by atoms with Crippen molar-refractivity contribution in [1.29, 1.82) is 0 Å². The summed E-state index contributed by atoms with van der Waals surface area (Å²) in [4.78, 5) is 27.0. The van der Waals surface area contributed by atoms with Crippen LogP contribution in [0.25, 0.3) is 10.8 Å². The highest BCUT2D eigenvalue weighted by molar-refractivity contribution is 6.14. The molecule has 0 radical (unpaired) electrons. The van der Waals surface area contributed by atoms with E-state index in [1.807, 2.05) is 30.3 Å². The van der Waals surface area contributed by atoms with E-state index in [1.54, 1.807) is 30.3 Å². The van der Waals surface area contributed by atoms with Gasteiger partial charge in [-0.3, -0.25) is 14.3 Å². The van der Waals surface area contributed by atoms with E-state index in [4.69, 9.17) is 9.47 Å². The van der Waals surface area contributed by atoms with Crippen molar-refractivity contribution in [2.75, 3.05) is 38.7 Å². The van der Waals surface area contributed by atoms with Gasteiger partial charge in [-0.05, 0) is 17.5 Å². The summed E-state index contributed by atoms with van der Waals surface area (Å²) in [7, 11) is 1.58. The number of carbonyl (C=O) groups is 2. The van der Waals surface area contributed by atoms with Crippen LogP contribution in [0.1, 0.15) is 10.4 Å². The molecule has 0 spiro atoms. The Morgan fingerprint density at radius 3 is 2.66 bits per heavy atom. The standard InChI is InChI=1S/C21H22N4O4/c1-28-17-7-3-5-15-4-2-6-16(20(15)17)21(27)22-18-8-9-25(23-18)14-19(26)24-10-12-29-13-11-24/h2-9H,10-14H2,1H3,(H,22,23,27). The lowest BCUT2D eigenvalue weighted by molar-refractivity contribution is -0.136. The topological polar surface area (TPSA) is 85.7 Å². The molecule has 8 heteroatoms. The molecule has 4 rings (SSSR count). The van der Waals surface area contributed by atoms with Crippen molar-refractivity contribution in [3.05, 3.63) is 54.2 Å². The molecule has 1 aliphatic heterocycles. The monoisotopic (exact) mass is 394 g/mol. The van der Waals surface area contributed by atoms with Crippen LogP contribution in [0.15, 0.2) is 48.7 Å². The number of nitrogens with one attached hydrogen (secondary N) is 1. The predicted molar refractivity (Wildman–Crippen MR) is 108 cm³/mol. The molecule has 0 atom stereocenters. The number of hydrogen-bond acceptors (Lipinski definition) is 5. The molecule has 2 heterocycles. The van der Waals surface area contributed by atoms with Gasteiger partial charge in [0, 0.05) is 30.7 Å². The van der Waals surface area contributed by atoms with Crippen molar-refractivity contribution < 1.29 is 19.1 Å². The van der Waals surface area contributed by atoms with Crippen LogP contribution in [0.5, 0.6) is 5.75 Å². The van der Waals surface area contributed by atoms with Gasteiger partial charge in [0.1, 0.15) is 12.3 Å². The fourth-order valence-corrected chi connectivity index (χ4v) is 3.42. The summed E-state index contributed by atoms with van der Waals surface area (Å²) in [6, 6.07) is 12.8. The number of ether oxygens (including phenoxy) is 2. The molecule has 2 aromatic carbocycles. The molecule has 1 saturated heterocycles. The number of fused-ring (bicyclic) bond motifs is 1. The van der Waals surface area contributed by atoms with E-state index in [2.05, 4.69) is 10.4 Å². The van der Waals surface area contributed by atoms with Gasteiger partial charge in [-0.15, -0.1) is 0 Å². The van der Waals surface area contributed by atoms with Crippen LogP contribution >= 0.6 is 0 Å². The number of amides is 2. The Bertz CT molecular complexity index is 1030. The maximum Gasteiger partial charge on any atom is 0.257 e. The number of rotatable bonds is 5. The van der Waals surface area contributed by atoms with Gasteiger partial charge < -0.3 is 19.7 Å². The molecule has 0 unspecified atom stereocenters. The summed E-state index contributed by atoms with van der Waals surface area (Å²) in [5, 5.41) is 8.77. The Labute approximate surface area is 168 Å². The summed E-state index contributed by atoms with van der Waals surface area (Å²) >= 11 is 0. The number of morpholine rings is 1. The van der Waals surface area contributed by atoms with E-state index in [1.165, 1.54) is 4.68 Å². The molecule has 1 fully saturated rings. The Balaban J connectivity index is 1.48. The zero-order chi connectivity index (χ0) is 20.2. The lowest BCUT2D eigenvalue weighted by Crippen LogP contribution is -2.42. The van der Waals surface area contributed by atoms with Crippen LogP contribution in [0.3, 0.4) is 0 Å². The summed E-state index contributed by atoms with van der Waals surface area (Å²) in [5.41, 5.74) is 0.499. The fraction of sp³-hybridized carbons (Fsp3) is 0.286. The molecule has 0 aliphatic carbocycles. The third-order valence-corrected chi connectivity index (χ3v) is 4.87. The molecular weight excluding hydrogens is 372 g/mol. The third-order valence-electron chi connectivity index (χ3n) is 4.87. The van der Waals surface area contributed by atoms with Crippen LogP contribution < -0.4 is 10.1 Å². The highest BCUT2D eigenvalue weighted by Gasteiger charge is 2.18. The summed E-state index contributed by atoms with van der Waals surface area (Å²) in [6.45, 7) is 2.42. The largest absolute Gasteiger partial charge is 0.496 e. The second-order valence-electron chi connectivity index (χ2n) is 6.71. The normalized spacial score (nSPS) is 14.0. The lowest BCUT2D eigenvalue weighted by Gasteiger charge is -2.26. The summed E-state index contributed by atoms with van der Waals surface area (Å²) < 4.78 is 12.2. The first-order valence-corrected chi connectivity index (χ1v) is 9.42. The van der Waals surface area contributed by atoms with Gasteiger partial charge in [0.15, 0.2) is 5.82 Å². The predicted octanol–water partition coefficient (Wildman–Crippen LogP) is 2.16. The zero-order valence-corrected chi connectivity index (χ0v) is 16.1. The van der Waals surface area contributed by atoms with Gasteiger partial charge in [0.25, 0.3) is 5.91 Å². The Morgan fingerprint density at radius 1 is 1.14 bits per heavy atom.